The van der Waals surface area contributed by atoms with Gasteiger partial charge in [-0.05, 0) is 55.7 Å². The number of anilines is 1. The first kappa shape index (κ1) is 27.5. The lowest BCUT2D eigenvalue weighted by Crippen LogP contribution is -2.61. The quantitative estimate of drug-likeness (QED) is 0.414. The Morgan fingerprint density at radius 1 is 1.18 bits per heavy atom. The van der Waals surface area contributed by atoms with Crippen molar-refractivity contribution in [3.63, 3.8) is 0 Å². The van der Waals surface area contributed by atoms with Crippen LogP contribution in [0.3, 0.4) is 0 Å². The number of hydrogen-bond donors (Lipinski definition) is 4. The Labute approximate surface area is 227 Å². The highest BCUT2D eigenvalue weighted by atomic mass is 35.5. The summed E-state index contributed by atoms with van der Waals surface area (Å²) in [5.41, 5.74) is 1.19. The minimum absolute atomic E-state index is 0.0331. The third-order valence-electron chi connectivity index (χ3n) is 8.44. The maximum Gasteiger partial charge on any atom is 0.274 e. The summed E-state index contributed by atoms with van der Waals surface area (Å²) < 4.78 is 41.8. The summed E-state index contributed by atoms with van der Waals surface area (Å²) in [5, 5.41) is 24.2. The molecule has 208 valence electrons. The molecule has 0 aliphatic heterocycles. The molecule has 1 heterocycles. The van der Waals surface area contributed by atoms with Gasteiger partial charge in [0.2, 0.25) is 5.91 Å². The zero-order valence-electron chi connectivity index (χ0n) is 21.1. The zero-order valence-corrected chi connectivity index (χ0v) is 21.8. The number of aromatic nitrogens is 2. The molecular weight excluding hydrogens is 537 g/mol. The minimum atomic E-state index is -3.00. The van der Waals surface area contributed by atoms with Crippen LogP contribution in [0.5, 0.6) is 0 Å². The number of hydrogen-bond acceptors (Lipinski definition) is 5. The lowest BCUT2D eigenvalue weighted by Gasteiger charge is -2.47. The first-order valence-corrected chi connectivity index (χ1v) is 13.0. The summed E-state index contributed by atoms with van der Waals surface area (Å²) in [6.45, 7) is 0. The SMILES string of the molecule is Cn1cnc(C2CC3CC(O)(C#CC4(O)CC(C(N)=O)(C(F)F)C4)CC3C2)c1C(=O)Nc1ccc(F)c(Cl)c1. The summed E-state index contributed by atoms with van der Waals surface area (Å²) in [6, 6.07) is 3.91. The molecule has 2 aromatic rings. The van der Waals surface area contributed by atoms with E-state index < -0.39 is 53.5 Å². The van der Waals surface area contributed by atoms with Crippen LogP contribution in [-0.2, 0) is 11.8 Å². The van der Waals surface area contributed by atoms with Gasteiger partial charge >= 0.3 is 0 Å². The molecule has 5 N–H and O–H groups in total. The van der Waals surface area contributed by atoms with Gasteiger partial charge in [0.25, 0.3) is 12.3 Å². The molecule has 5 rings (SSSR count). The Hall–Kier alpha value is -3.07. The fourth-order valence-corrected chi connectivity index (χ4v) is 6.71. The van der Waals surface area contributed by atoms with Gasteiger partial charge in [-0.15, -0.1) is 0 Å². The molecule has 2 atom stereocenters. The van der Waals surface area contributed by atoms with E-state index in [9.17, 15) is 33.0 Å². The van der Waals surface area contributed by atoms with E-state index in [4.69, 9.17) is 17.3 Å². The normalized spacial score (nSPS) is 33.3. The average molecular weight is 565 g/mol. The molecule has 3 fully saturated rings. The second-order valence-electron chi connectivity index (χ2n) is 11.3. The largest absolute Gasteiger partial charge is 0.378 e. The summed E-state index contributed by atoms with van der Waals surface area (Å²) in [6.07, 6.45) is -0.605. The molecule has 0 spiro atoms. The standard InChI is InChI=1S/C27H28ClF3N4O4/c1-35-13-33-20(21(35)22(36)34-17-2-3-19(29)18(28)8-17)14-6-15-9-25(38,10-16(15)7-14)4-5-26(39)11-27(12-26,23(30)31)24(32)37/h2-3,8,13-16,23,38-39H,6-7,9-12H2,1H3,(H2,32,37)(H,34,36). The van der Waals surface area contributed by atoms with E-state index >= 15 is 0 Å². The molecule has 1 aromatic heterocycles. The van der Waals surface area contributed by atoms with Crippen LogP contribution in [-0.4, -0.2) is 49.2 Å². The van der Waals surface area contributed by atoms with Crippen molar-refractivity contribution in [1.29, 1.82) is 0 Å². The van der Waals surface area contributed by atoms with Crippen molar-refractivity contribution < 1.29 is 33.0 Å². The number of halogens is 4. The van der Waals surface area contributed by atoms with E-state index in [1.807, 2.05) is 0 Å². The van der Waals surface area contributed by atoms with Crippen LogP contribution < -0.4 is 11.1 Å². The van der Waals surface area contributed by atoms with E-state index in [1.165, 1.54) is 18.2 Å². The summed E-state index contributed by atoms with van der Waals surface area (Å²) in [7, 11) is 1.71. The predicted octanol–water partition coefficient (Wildman–Crippen LogP) is 3.36. The smallest absolute Gasteiger partial charge is 0.274 e. The number of amides is 2. The third kappa shape index (κ3) is 4.90. The number of nitrogens with zero attached hydrogens (tertiary/aromatic N) is 2. The summed E-state index contributed by atoms with van der Waals surface area (Å²) >= 11 is 5.83. The zero-order chi connectivity index (χ0) is 28.3. The van der Waals surface area contributed by atoms with Crippen molar-refractivity contribution in [2.45, 2.75) is 62.1 Å². The van der Waals surface area contributed by atoms with E-state index in [2.05, 4.69) is 22.1 Å². The predicted molar refractivity (Wildman–Crippen MR) is 135 cm³/mol. The average Bonchev–Trinajstić information content (AvgIpc) is 3.48. The molecule has 0 radical (unpaired) electrons. The maximum absolute atomic E-state index is 13.5. The van der Waals surface area contributed by atoms with Gasteiger partial charge in [-0.1, -0.05) is 23.4 Å². The molecule has 3 saturated carbocycles. The Morgan fingerprint density at radius 2 is 1.79 bits per heavy atom. The second-order valence-corrected chi connectivity index (χ2v) is 11.7. The molecule has 2 amide bonds. The van der Waals surface area contributed by atoms with Crippen molar-refractivity contribution in [1.82, 2.24) is 9.55 Å². The van der Waals surface area contributed by atoms with Gasteiger partial charge in [0.05, 0.1) is 17.0 Å². The van der Waals surface area contributed by atoms with Gasteiger partial charge < -0.3 is 25.8 Å². The van der Waals surface area contributed by atoms with Gasteiger partial charge in [0, 0.05) is 31.5 Å². The number of rotatable bonds is 5. The third-order valence-corrected chi connectivity index (χ3v) is 8.73. The number of fused-ring (bicyclic) bond motifs is 1. The van der Waals surface area contributed by atoms with Crippen LogP contribution >= 0.6 is 11.6 Å². The Balaban J connectivity index is 1.25. The van der Waals surface area contributed by atoms with E-state index in [-0.39, 0.29) is 22.8 Å². The first-order chi connectivity index (χ1) is 18.2. The fraction of sp³-hybridized carbons (Fsp3) is 0.519. The van der Waals surface area contributed by atoms with Crippen LogP contribution in [0.15, 0.2) is 24.5 Å². The van der Waals surface area contributed by atoms with Crippen molar-refractivity contribution in [3.8, 4) is 11.8 Å². The number of imidazole rings is 1. The van der Waals surface area contributed by atoms with Gasteiger partial charge in [0.15, 0.2) is 0 Å². The van der Waals surface area contributed by atoms with Crippen LogP contribution in [0.2, 0.25) is 5.02 Å². The number of benzene rings is 1. The van der Waals surface area contributed by atoms with Crippen LogP contribution in [0.25, 0.3) is 0 Å². The Kier molecular flexibility index (Phi) is 6.72. The lowest BCUT2D eigenvalue weighted by molar-refractivity contribution is -0.176. The highest BCUT2D eigenvalue weighted by Gasteiger charge is 2.63. The van der Waals surface area contributed by atoms with E-state index in [0.29, 0.717) is 42.8 Å². The fourth-order valence-electron chi connectivity index (χ4n) is 6.53. The second kappa shape index (κ2) is 9.54. The highest BCUT2D eigenvalue weighted by Crippen LogP contribution is 2.55. The van der Waals surface area contributed by atoms with Gasteiger partial charge in [-0.3, -0.25) is 9.59 Å². The summed E-state index contributed by atoms with van der Waals surface area (Å²) in [4.78, 5) is 29.1. The van der Waals surface area contributed by atoms with Crippen molar-refractivity contribution in [2.24, 2.45) is 30.0 Å². The monoisotopic (exact) mass is 564 g/mol. The van der Waals surface area contributed by atoms with Crippen LogP contribution in [0, 0.1) is 34.9 Å². The Morgan fingerprint density at radius 3 is 2.36 bits per heavy atom. The molecule has 3 aliphatic carbocycles. The van der Waals surface area contributed by atoms with Crippen LogP contribution in [0.1, 0.15) is 60.6 Å². The molecule has 0 saturated heterocycles. The number of aliphatic hydroxyl groups is 2. The van der Waals surface area contributed by atoms with Crippen LogP contribution in [0.4, 0.5) is 18.9 Å². The molecule has 2 unspecified atom stereocenters. The number of alkyl halides is 2. The molecule has 1 aromatic carbocycles. The number of aryl methyl sites for hydroxylation is 1. The Bertz CT molecular complexity index is 1380. The lowest BCUT2D eigenvalue weighted by atomic mass is 9.59. The van der Waals surface area contributed by atoms with Gasteiger partial charge in [-0.25, -0.2) is 18.2 Å². The highest BCUT2D eigenvalue weighted by molar-refractivity contribution is 6.31. The minimum Gasteiger partial charge on any atom is -0.378 e. The van der Waals surface area contributed by atoms with Crippen molar-refractivity contribution >= 4 is 29.1 Å². The molecule has 3 aliphatic rings. The van der Waals surface area contributed by atoms with E-state index in [0.717, 1.165) is 0 Å². The van der Waals surface area contributed by atoms with Gasteiger partial charge in [-0.2, -0.15) is 0 Å². The number of nitrogens with one attached hydrogen (secondary N) is 1. The molecule has 0 bridgehead atoms. The van der Waals surface area contributed by atoms with Gasteiger partial charge in [0.1, 0.15) is 28.1 Å². The molecule has 12 heteroatoms. The summed E-state index contributed by atoms with van der Waals surface area (Å²) in [5.74, 6) is 3.22. The van der Waals surface area contributed by atoms with Crippen molar-refractivity contribution in [2.75, 3.05) is 5.32 Å². The number of primary amides is 1. The topological polar surface area (TPSA) is 130 Å². The first-order valence-electron chi connectivity index (χ1n) is 12.6. The molecule has 8 nitrogen and oxygen atoms in total. The number of carbonyl (C=O) groups is 2. The van der Waals surface area contributed by atoms with E-state index in [1.54, 1.807) is 17.9 Å². The maximum atomic E-state index is 13.5. The molecule has 39 heavy (non-hydrogen) atoms. The number of nitrogens with two attached hydrogens (primary N) is 1. The van der Waals surface area contributed by atoms with Crippen molar-refractivity contribution in [3.05, 3.63) is 46.8 Å². The molecular formula is C27H28ClF3N4O4. The number of carbonyl (C=O) groups excluding carboxylic acids is 2.